The highest BCUT2D eigenvalue weighted by Gasteiger charge is 2.25. The van der Waals surface area contributed by atoms with Gasteiger partial charge in [0.25, 0.3) is 5.91 Å². The van der Waals surface area contributed by atoms with E-state index in [1.807, 2.05) is 49.1 Å². The number of benzene rings is 2. The van der Waals surface area contributed by atoms with Crippen LogP contribution >= 0.6 is 0 Å². The van der Waals surface area contributed by atoms with Gasteiger partial charge in [-0.2, -0.15) is 0 Å². The summed E-state index contributed by atoms with van der Waals surface area (Å²) >= 11 is 0. The molecule has 190 valence electrons. The van der Waals surface area contributed by atoms with Gasteiger partial charge in [0.2, 0.25) is 5.91 Å². The Morgan fingerprint density at radius 2 is 1.64 bits per heavy atom. The van der Waals surface area contributed by atoms with Crippen molar-refractivity contribution in [3.63, 3.8) is 0 Å². The SMILES string of the molecule is CCN1CCN(C(=O)CCN(Cc2ccccc2)C(=O)c2cc(-c3c(C)cc(C)cc3C)on2)CC1. The minimum absolute atomic E-state index is 0.0864. The average molecular weight is 489 g/mol. The lowest BCUT2D eigenvalue weighted by Crippen LogP contribution is -2.49. The molecule has 0 N–H and O–H groups in total. The molecule has 0 bridgehead atoms. The highest BCUT2D eigenvalue weighted by atomic mass is 16.5. The molecule has 7 nitrogen and oxygen atoms in total. The second-order valence-electron chi connectivity index (χ2n) is 9.63. The summed E-state index contributed by atoms with van der Waals surface area (Å²) in [5.74, 6) is 0.432. The van der Waals surface area contributed by atoms with Crippen LogP contribution in [0.5, 0.6) is 0 Å². The number of hydrogen-bond acceptors (Lipinski definition) is 5. The van der Waals surface area contributed by atoms with E-state index in [1.54, 1.807) is 11.0 Å². The Kier molecular flexibility index (Phi) is 8.21. The van der Waals surface area contributed by atoms with E-state index in [0.717, 1.165) is 55.0 Å². The first-order valence-electron chi connectivity index (χ1n) is 12.7. The largest absolute Gasteiger partial charge is 0.355 e. The molecule has 7 heteroatoms. The molecule has 3 aromatic rings. The quantitative estimate of drug-likeness (QED) is 0.468. The van der Waals surface area contributed by atoms with E-state index in [4.69, 9.17) is 4.52 Å². The highest BCUT2D eigenvalue weighted by molar-refractivity contribution is 5.93. The molecule has 1 aliphatic heterocycles. The number of rotatable bonds is 8. The first kappa shape index (κ1) is 25.6. The van der Waals surface area contributed by atoms with Gasteiger partial charge >= 0.3 is 0 Å². The first-order valence-corrected chi connectivity index (χ1v) is 12.7. The Hall–Kier alpha value is -3.45. The number of nitrogens with zero attached hydrogens (tertiary/aromatic N) is 4. The Bertz CT molecular complexity index is 1170. The molecule has 1 aromatic heterocycles. The molecule has 4 rings (SSSR count). The van der Waals surface area contributed by atoms with E-state index < -0.39 is 0 Å². The third-order valence-corrected chi connectivity index (χ3v) is 6.92. The number of carbonyl (C=O) groups excluding carboxylic acids is 2. The molecule has 1 saturated heterocycles. The van der Waals surface area contributed by atoms with Gasteiger partial charge in [-0.05, 0) is 44.0 Å². The van der Waals surface area contributed by atoms with Gasteiger partial charge in [-0.3, -0.25) is 9.59 Å². The first-order chi connectivity index (χ1) is 17.4. The van der Waals surface area contributed by atoms with Gasteiger partial charge in [0.15, 0.2) is 11.5 Å². The molecule has 0 aliphatic carbocycles. The predicted molar refractivity (Wildman–Crippen MR) is 141 cm³/mol. The Balaban J connectivity index is 1.50. The van der Waals surface area contributed by atoms with Crippen LogP contribution in [0.1, 0.15) is 46.1 Å². The average Bonchev–Trinajstić information content (AvgIpc) is 3.35. The van der Waals surface area contributed by atoms with Crippen LogP contribution in [0.4, 0.5) is 0 Å². The standard InChI is InChI=1S/C29H36N4O3/c1-5-31-13-15-32(16-14-31)27(34)11-12-33(20-24-9-7-6-8-10-24)29(35)25-19-26(36-30-25)28-22(3)17-21(2)18-23(28)4/h6-10,17-19H,5,11-16,20H2,1-4H3. The molecule has 0 unspecified atom stereocenters. The van der Waals surface area contributed by atoms with Gasteiger partial charge in [-0.25, -0.2) is 0 Å². The van der Waals surface area contributed by atoms with Crippen LogP contribution in [-0.2, 0) is 11.3 Å². The number of carbonyl (C=O) groups is 2. The van der Waals surface area contributed by atoms with E-state index >= 15 is 0 Å². The Morgan fingerprint density at radius 3 is 2.28 bits per heavy atom. The number of amides is 2. The van der Waals surface area contributed by atoms with Gasteiger partial charge in [-0.15, -0.1) is 0 Å². The van der Waals surface area contributed by atoms with Crippen molar-refractivity contribution in [2.75, 3.05) is 39.3 Å². The number of aryl methyl sites for hydroxylation is 3. The minimum atomic E-state index is -0.236. The van der Waals surface area contributed by atoms with E-state index in [9.17, 15) is 9.59 Å². The van der Waals surface area contributed by atoms with Gasteiger partial charge in [0.05, 0.1) is 0 Å². The van der Waals surface area contributed by atoms with Crippen molar-refractivity contribution in [3.8, 4) is 11.3 Å². The summed E-state index contributed by atoms with van der Waals surface area (Å²) < 4.78 is 5.64. The highest BCUT2D eigenvalue weighted by Crippen LogP contribution is 2.29. The molecular weight excluding hydrogens is 452 g/mol. The van der Waals surface area contributed by atoms with Crippen LogP contribution < -0.4 is 0 Å². The van der Waals surface area contributed by atoms with Crippen molar-refractivity contribution in [1.82, 2.24) is 19.9 Å². The van der Waals surface area contributed by atoms with Crippen molar-refractivity contribution in [2.24, 2.45) is 0 Å². The minimum Gasteiger partial charge on any atom is -0.355 e. The van der Waals surface area contributed by atoms with Gasteiger partial charge in [-0.1, -0.05) is 60.1 Å². The van der Waals surface area contributed by atoms with Crippen molar-refractivity contribution in [3.05, 3.63) is 76.5 Å². The van der Waals surface area contributed by atoms with Crippen LogP contribution in [0.15, 0.2) is 53.1 Å². The fourth-order valence-electron chi connectivity index (χ4n) is 4.98. The van der Waals surface area contributed by atoms with E-state index in [-0.39, 0.29) is 23.9 Å². The molecule has 1 aliphatic rings. The summed E-state index contributed by atoms with van der Waals surface area (Å²) in [7, 11) is 0. The smallest absolute Gasteiger partial charge is 0.276 e. The lowest BCUT2D eigenvalue weighted by molar-refractivity contribution is -0.133. The third kappa shape index (κ3) is 6.02. The zero-order valence-electron chi connectivity index (χ0n) is 21.8. The zero-order chi connectivity index (χ0) is 25.7. The second kappa shape index (κ2) is 11.5. The third-order valence-electron chi connectivity index (χ3n) is 6.92. The van der Waals surface area contributed by atoms with Crippen LogP contribution in [-0.4, -0.2) is 70.9 Å². The monoisotopic (exact) mass is 488 g/mol. The maximum absolute atomic E-state index is 13.6. The van der Waals surface area contributed by atoms with Crippen molar-refractivity contribution in [2.45, 2.75) is 40.7 Å². The van der Waals surface area contributed by atoms with Crippen LogP contribution in [0, 0.1) is 20.8 Å². The Labute approximate surface area is 213 Å². The summed E-state index contributed by atoms with van der Waals surface area (Å²) in [4.78, 5) is 32.4. The molecule has 36 heavy (non-hydrogen) atoms. The maximum atomic E-state index is 13.6. The lowest BCUT2D eigenvalue weighted by Gasteiger charge is -2.34. The molecule has 0 spiro atoms. The fourth-order valence-corrected chi connectivity index (χ4v) is 4.98. The van der Waals surface area contributed by atoms with E-state index in [0.29, 0.717) is 18.8 Å². The molecule has 2 aromatic carbocycles. The number of likely N-dealkylation sites (N-methyl/N-ethyl adjacent to an activating group) is 1. The molecule has 0 atom stereocenters. The van der Waals surface area contributed by atoms with Crippen LogP contribution in [0.2, 0.25) is 0 Å². The van der Waals surface area contributed by atoms with Crippen molar-refractivity contribution in [1.29, 1.82) is 0 Å². The van der Waals surface area contributed by atoms with Crippen molar-refractivity contribution >= 4 is 11.8 Å². The number of aromatic nitrogens is 1. The number of piperazine rings is 1. The summed E-state index contributed by atoms with van der Waals surface area (Å²) in [6, 6.07) is 15.7. The Morgan fingerprint density at radius 1 is 0.972 bits per heavy atom. The molecular formula is C29H36N4O3. The summed E-state index contributed by atoms with van der Waals surface area (Å²) in [6.45, 7) is 13.3. The zero-order valence-corrected chi connectivity index (χ0v) is 21.8. The van der Waals surface area contributed by atoms with Gasteiger partial charge < -0.3 is 19.2 Å². The fraction of sp³-hybridized carbons (Fsp3) is 0.414. The normalized spacial score (nSPS) is 14.2. The van der Waals surface area contributed by atoms with E-state index in [2.05, 4.69) is 36.0 Å². The second-order valence-corrected chi connectivity index (χ2v) is 9.63. The lowest BCUT2D eigenvalue weighted by atomic mass is 9.98. The summed E-state index contributed by atoms with van der Waals surface area (Å²) in [5.41, 5.74) is 5.56. The van der Waals surface area contributed by atoms with Gasteiger partial charge in [0.1, 0.15) is 0 Å². The number of hydrogen-bond donors (Lipinski definition) is 0. The van der Waals surface area contributed by atoms with Crippen LogP contribution in [0.3, 0.4) is 0 Å². The summed E-state index contributed by atoms with van der Waals surface area (Å²) in [6.07, 6.45) is 0.283. The van der Waals surface area contributed by atoms with E-state index in [1.165, 1.54) is 5.56 Å². The predicted octanol–water partition coefficient (Wildman–Crippen LogP) is 4.46. The van der Waals surface area contributed by atoms with Crippen molar-refractivity contribution < 1.29 is 14.1 Å². The molecule has 2 heterocycles. The van der Waals surface area contributed by atoms with Gasteiger partial charge in [0, 0.05) is 57.3 Å². The molecule has 1 fully saturated rings. The summed E-state index contributed by atoms with van der Waals surface area (Å²) in [5, 5.41) is 4.13. The van der Waals surface area contributed by atoms with Crippen LogP contribution in [0.25, 0.3) is 11.3 Å². The topological polar surface area (TPSA) is 69.9 Å². The molecule has 2 amide bonds. The molecule has 0 saturated carbocycles. The molecule has 0 radical (unpaired) electrons. The maximum Gasteiger partial charge on any atom is 0.276 e.